The van der Waals surface area contributed by atoms with E-state index in [0.717, 1.165) is 11.2 Å². The van der Waals surface area contributed by atoms with E-state index < -0.39 is 0 Å². The molecular formula is C61H71BN2O. The molecule has 3 nitrogen and oxygen atoms in total. The van der Waals surface area contributed by atoms with E-state index >= 15 is 0 Å². The first kappa shape index (κ1) is 41.7. The summed E-state index contributed by atoms with van der Waals surface area (Å²) in [7, 11) is 0. The summed E-state index contributed by atoms with van der Waals surface area (Å²) in [6.45, 7) is 36.4. The van der Waals surface area contributed by atoms with E-state index in [2.05, 4.69) is 186 Å². The van der Waals surface area contributed by atoms with Crippen molar-refractivity contribution in [2.75, 3.05) is 9.80 Å². The molecule has 2 atom stereocenters. The van der Waals surface area contributed by atoms with Gasteiger partial charge in [0.1, 0.15) is 5.58 Å². The Morgan fingerprint density at radius 1 is 0.523 bits per heavy atom. The summed E-state index contributed by atoms with van der Waals surface area (Å²) >= 11 is 0. The van der Waals surface area contributed by atoms with Crippen molar-refractivity contribution in [1.82, 2.24) is 0 Å². The molecular weight excluding hydrogens is 787 g/mol. The lowest BCUT2D eigenvalue weighted by atomic mass is 9.35. The summed E-state index contributed by atoms with van der Waals surface area (Å²) in [6, 6.07) is 30.1. The summed E-state index contributed by atoms with van der Waals surface area (Å²) in [6.07, 6.45) is 8.50. The minimum absolute atomic E-state index is 0.0281. The van der Waals surface area contributed by atoms with Crippen molar-refractivity contribution in [3.8, 4) is 0 Å². The first-order valence-corrected chi connectivity index (χ1v) is 25.1. The van der Waals surface area contributed by atoms with Gasteiger partial charge >= 0.3 is 0 Å². The van der Waals surface area contributed by atoms with E-state index in [1.165, 1.54) is 140 Å². The van der Waals surface area contributed by atoms with Crippen molar-refractivity contribution in [3.63, 3.8) is 0 Å². The number of anilines is 6. The van der Waals surface area contributed by atoms with Crippen molar-refractivity contribution in [1.29, 1.82) is 0 Å². The highest BCUT2D eigenvalue weighted by atomic mass is 16.3. The number of nitrogens with zero attached hydrogens (tertiary/aromatic N) is 2. The molecule has 0 saturated heterocycles. The molecule has 0 spiro atoms. The summed E-state index contributed by atoms with van der Waals surface area (Å²) in [5.41, 5.74) is 26.2. The Morgan fingerprint density at radius 2 is 1.09 bits per heavy atom. The number of hydrogen-bond acceptors (Lipinski definition) is 3. The molecule has 3 heterocycles. The van der Waals surface area contributed by atoms with Gasteiger partial charge in [0.15, 0.2) is 0 Å². The summed E-state index contributed by atoms with van der Waals surface area (Å²) < 4.78 is 7.63. The van der Waals surface area contributed by atoms with Gasteiger partial charge in [-0.1, -0.05) is 114 Å². The maximum atomic E-state index is 7.63. The van der Waals surface area contributed by atoms with Crippen LogP contribution in [0.1, 0.15) is 185 Å². The van der Waals surface area contributed by atoms with Gasteiger partial charge in [-0.3, -0.25) is 0 Å². The van der Waals surface area contributed by atoms with Crippen molar-refractivity contribution in [2.45, 2.75) is 187 Å². The van der Waals surface area contributed by atoms with Crippen LogP contribution in [0.3, 0.4) is 0 Å². The minimum Gasteiger partial charge on any atom is -0.468 e. The molecule has 0 N–H and O–H groups in total. The van der Waals surface area contributed by atoms with Crippen LogP contribution in [0.15, 0.2) is 77.2 Å². The number of rotatable bonds is 2. The number of furan rings is 1. The monoisotopic (exact) mass is 859 g/mol. The smallest absolute Gasteiger partial charge is 0.297 e. The average Bonchev–Trinajstić information content (AvgIpc) is 3.84. The van der Waals surface area contributed by atoms with Gasteiger partial charge in [-0.15, -0.1) is 0 Å². The zero-order chi connectivity index (χ0) is 45.9. The lowest BCUT2D eigenvalue weighted by Crippen LogP contribution is -2.61. The molecule has 2 bridgehead atoms. The predicted octanol–water partition coefficient (Wildman–Crippen LogP) is 14.8. The Labute approximate surface area is 390 Å². The largest absolute Gasteiger partial charge is 0.468 e. The quantitative estimate of drug-likeness (QED) is 0.162. The van der Waals surface area contributed by atoms with E-state index in [1.807, 2.05) is 0 Å². The van der Waals surface area contributed by atoms with Crippen molar-refractivity contribution >= 4 is 68.4 Å². The van der Waals surface area contributed by atoms with Gasteiger partial charge in [0, 0.05) is 33.8 Å². The minimum atomic E-state index is -0.0770. The normalized spacial score (nSPS) is 24.6. The maximum absolute atomic E-state index is 7.63. The molecule has 4 heteroatoms. The standard InChI is InChI=1S/C61H71BN2O/c1-35-26-49-52-50(27-35)64(48-32-43-41(28-36(48)2)57(8,9)22-23-59(43,12)13)47-19-16-37(55(3,4)5)29-46(47)62(52)54-53(39-31-44-45(33-51(39)65-54)61(15)25-24-60(44,14)34-61)63(49)38-17-18-40-42(30-38)58(10,11)21-20-56(40,6)7/h16-19,26-33H,20-25,34H2,1-15H3. The lowest BCUT2D eigenvalue weighted by Gasteiger charge is -2.46. The third-order valence-electron chi connectivity index (χ3n) is 18.6. The Morgan fingerprint density at radius 3 is 1.72 bits per heavy atom. The SMILES string of the molecule is Cc1cc2c3c(c1)N(c1ccc4c(c1)C(C)(C)CCC4(C)C)c1c(oc4cc5c(cc14)C1(C)CCC5(C)C1)B3c1cc(C(C)(C)C)ccc1N2c1cc2c(cc1C)C(C)(C)CCC2(C)C. The molecule has 2 aliphatic heterocycles. The highest BCUT2D eigenvalue weighted by molar-refractivity contribution is 7.00. The van der Waals surface area contributed by atoms with Crippen LogP contribution in [0.4, 0.5) is 34.1 Å². The fourth-order valence-corrected chi connectivity index (χ4v) is 14.4. The summed E-state index contributed by atoms with van der Waals surface area (Å²) in [4.78, 5) is 5.32. The molecule has 1 aromatic heterocycles. The molecule has 0 amide bonds. The van der Waals surface area contributed by atoms with Crippen molar-refractivity contribution < 1.29 is 4.42 Å². The maximum Gasteiger partial charge on any atom is 0.297 e. The summed E-state index contributed by atoms with van der Waals surface area (Å²) in [5.74, 6) is 0. The molecule has 65 heavy (non-hydrogen) atoms. The predicted molar refractivity (Wildman–Crippen MR) is 278 cm³/mol. The van der Waals surface area contributed by atoms with Crippen LogP contribution >= 0.6 is 0 Å². The van der Waals surface area contributed by atoms with Gasteiger partial charge in [-0.2, -0.15) is 0 Å². The molecule has 334 valence electrons. The molecule has 6 aliphatic rings. The van der Waals surface area contributed by atoms with Crippen LogP contribution in [-0.4, -0.2) is 6.71 Å². The van der Waals surface area contributed by atoms with Crippen LogP contribution < -0.4 is 26.4 Å². The Bertz CT molecular complexity index is 3090. The topological polar surface area (TPSA) is 19.6 Å². The first-order chi connectivity index (χ1) is 30.3. The second-order valence-electron chi connectivity index (χ2n) is 26.3. The first-order valence-electron chi connectivity index (χ1n) is 25.1. The Kier molecular flexibility index (Phi) is 8.11. The van der Waals surface area contributed by atoms with E-state index in [0.29, 0.717) is 0 Å². The second kappa shape index (κ2) is 12.6. The van der Waals surface area contributed by atoms with Crippen LogP contribution in [-0.2, 0) is 37.9 Å². The molecule has 5 aromatic carbocycles. The van der Waals surface area contributed by atoms with Crippen molar-refractivity contribution in [3.05, 3.63) is 123 Å². The molecule has 6 aromatic rings. The van der Waals surface area contributed by atoms with Crippen LogP contribution in [0, 0.1) is 13.8 Å². The van der Waals surface area contributed by atoms with Gasteiger partial charge < -0.3 is 14.2 Å². The van der Waals surface area contributed by atoms with Crippen molar-refractivity contribution in [2.24, 2.45) is 0 Å². The van der Waals surface area contributed by atoms with E-state index in [1.54, 1.807) is 5.56 Å². The fraction of sp³-hybridized carbons (Fsp3) is 0.475. The highest BCUT2D eigenvalue weighted by Gasteiger charge is 2.54. The summed E-state index contributed by atoms with van der Waals surface area (Å²) in [5, 5.41) is 1.26. The zero-order valence-electron chi connectivity index (χ0n) is 42.3. The lowest BCUT2D eigenvalue weighted by molar-refractivity contribution is 0.332. The number of benzene rings is 5. The van der Waals surface area contributed by atoms with E-state index in [4.69, 9.17) is 4.42 Å². The molecule has 1 saturated carbocycles. The molecule has 2 unspecified atom stereocenters. The van der Waals surface area contributed by atoms with E-state index in [-0.39, 0.29) is 44.6 Å². The van der Waals surface area contributed by atoms with Crippen LogP contribution in [0.2, 0.25) is 0 Å². The molecule has 0 radical (unpaired) electrons. The highest BCUT2D eigenvalue weighted by Crippen LogP contribution is 2.62. The van der Waals surface area contributed by atoms with Crippen LogP contribution in [0.25, 0.3) is 11.0 Å². The van der Waals surface area contributed by atoms with E-state index in [9.17, 15) is 0 Å². The fourth-order valence-electron chi connectivity index (χ4n) is 14.4. The third-order valence-corrected chi connectivity index (χ3v) is 18.6. The number of fused-ring (bicyclic) bond motifs is 13. The Balaban J connectivity index is 1.19. The number of aryl methyl sites for hydroxylation is 2. The van der Waals surface area contributed by atoms with Gasteiger partial charge in [0.25, 0.3) is 6.71 Å². The zero-order valence-corrected chi connectivity index (χ0v) is 42.3. The molecule has 1 fully saturated rings. The van der Waals surface area contributed by atoms with Gasteiger partial charge in [-0.05, 0) is 206 Å². The van der Waals surface area contributed by atoms with Gasteiger partial charge in [0.2, 0.25) is 0 Å². The molecule has 12 rings (SSSR count). The van der Waals surface area contributed by atoms with Crippen LogP contribution in [0.5, 0.6) is 0 Å². The van der Waals surface area contributed by atoms with Gasteiger partial charge in [-0.25, -0.2) is 0 Å². The Hall–Kier alpha value is -4.70. The third kappa shape index (κ3) is 5.61. The number of hydrogen-bond donors (Lipinski definition) is 0. The molecule has 4 aliphatic carbocycles. The van der Waals surface area contributed by atoms with Gasteiger partial charge in [0.05, 0.1) is 11.3 Å². The average molecular weight is 859 g/mol. The second-order valence-corrected chi connectivity index (χ2v) is 26.3.